The van der Waals surface area contributed by atoms with Crippen LogP contribution in [0.1, 0.15) is 26.7 Å². The monoisotopic (exact) mass is 360 g/mol. The largest absolute Gasteiger partial charge is 0.458 e. The lowest BCUT2D eigenvalue weighted by Crippen LogP contribution is -2.36. The molecule has 6 atom stereocenters. The van der Waals surface area contributed by atoms with Crippen LogP contribution < -0.4 is 0 Å². The molecule has 1 saturated carbocycles. The molecule has 0 amide bonds. The molecule has 6 heteroatoms. The molecule has 140 valence electrons. The summed E-state index contributed by atoms with van der Waals surface area (Å²) in [6.45, 7) is 7.99. The van der Waals surface area contributed by atoms with E-state index in [4.69, 9.17) is 19.3 Å². The predicted molar refractivity (Wildman–Crippen MR) is 91.9 cm³/mol. The Kier molecular flexibility index (Phi) is 4.08. The van der Waals surface area contributed by atoms with E-state index >= 15 is 0 Å². The molecule has 4 aliphatic rings. The smallest absolute Gasteiger partial charge is 0.334 e. The molecule has 0 bridgehead atoms. The van der Waals surface area contributed by atoms with Gasteiger partial charge in [0.15, 0.2) is 0 Å². The Hall–Kier alpha value is -1.92. The molecule has 4 rings (SSSR count). The van der Waals surface area contributed by atoms with Crippen molar-refractivity contribution in [2.75, 3.05) is 13.2 Å². The summed E-state index contributed by atoms with van der Waals surface area (Å²) in [5.41, 5.74) is 1.58. The fourth-order valence-electron chi connectivity index (χ4n) is 4.89. The van der Waals surface area contributed by atoms with Crippen molar-refractivity contribution in [3.05, 3.63) is 35.5 Å². The molecule has 2 aliphatic carbocycles. The number of aliphatic hydroxyl groups excluding tert-OH is 1. The molecular formula is C20H24O6. The minimum absolute atomic E-state index is 0.0727. The number of epoxide rings is 1. The highest BCUT2D eigenvalue weighted by Crippen LogP contribution is 2.58. The summed E-state index contributed by atoms with van der Waals surface area (Å²) >= 11 is 0. The predicted octanol–water partition coefficient (Wildman–Crippen LogP) is 1.69. The summed E-state index contributed by atoms with van der Waals surface area (Å²) in [6.07, 6.45) is 4.12. The number of esters is 2. The van der Waals surface area contributed by atoms with Crippen molar-refractivity contribution < 1.29 is 28.9 Å². The maximum Gasteiger partial charge on any atom is 0.334 e. The third kappa shape index (κ3) is 2.55. The molecule has 0 aromatic carbocycles. The lowest BCUT2D eigenvalue weighted by molar-refractivity contribution is -0.148. The second-order valence-electron chi connectivity index (χ2n) is 7.81. The summed E-state index contributed by atoms with van der Waals surface area (Å²) in [4.78, 5) is 24.7. The van der Waals surface area contributed by atoms with E-state index in [9.17, 15) is 9.59 Å². The van der Waals surface area contributed by atoms with Gasteiger partial charge in [-0.1, -0.05) is 18.2 Å². The van der Waals surface area contributed by atoms with Crippen LogP contribution in [0.15, 0.2) is 35.5 Å². The fourth-order valence-corrected chi connectivity index (χ4v) is 4.89. The molecule has 2 heterocycles. The van der Waals surface area contributed by atoms with Gasteiger partial charge in [-0.2, -0.15) is 0 Å². The van der Waals surface area contributed by atoms with Crippen molar-refractivity contribution in [2.24, 2.45) is 17.8 Å². The lowest BCUT2D eigenvalue weighted by atomic mass is 9.78. The van der Waals surface area contributed by atoms with E-state index in [0.29, 0.717) is 24.2 Å². The molecule has 2 saturated heterocycles. The van der Waals surface area contributed by atoms with Crippen molar-refractivity contribution in [2.45, 2.75) is 44.5 Å². The van der Waals surface area contributed by atoms with E-state index in [0.717, 1.165) is 6.42 Å². The third-order valence-electron chi connectivity index (χ3n) is 6.38. The van der Waals surface area contributed by atoms with Crippen LogP contribution in [-0.4, -0.2) is 48.1 Å². The number of rotatable bonds is 3. The first-order valence-electron chi connectivity index (χ1n) is 9.07. The number of carbonyl (C=O) groups is 2. The Morgan fingerprint density at radius 2 is 2.23 bits per heavy atom. The minimum Gasteiger partial charge on any atom is -0.458 e. The lowest BCUT2D eigenvalue weighted by Gasteiger charge is -2.29. The topological polar surface area (TPSA) is 85.4 Å². The fraction of sp³-hybridized carbons (Fsp3) is 0.600. The van der Waals surface area contributed by atoms with Crippen LogP contribution in [0.2, 0.25) is 0 Å². The van der Waals surface area contributed by atoms with Crippen LogP contribution >= 0.6 is 0 Å². The van der Waals surface area contributed by atoms with Crippen LogP contribution in [0.5, 0.6) is 0 Å². The average Bonchev–Trinajstić information content (AvgIpc) is 3.20. The quantitative estimate of drug-likeness (QED) is 0.357. The first kappa shape index (κ1) is 17.5. The first-order valence-corrected chi connectivity index (χ1v) is 9.07. The summed E-state index contributed by atoms with van der Waals surface area (Å²) < 4.78 is 17.4. The minimum atomic E-state index is -0.533. The molecular weight excluding hydrogens is 336 g/mol. The van der Waals surface area contributed by atoms with E-state index in [1.165, 1.54) is 11.6 Å². The summed E-state index contributed by atoms with van der Waals surface area (Å²) in [5.74, 6) is -0.972. The Bertz CT molecular complexity index is 729. The first-order chi connectivity index (χ1) is 12.4. The van der Waals surface area contributed by atoms with Gasteiger partial charge in [-0.3, -0.25) is 0 Å². The number of fused-ring (bicyclic) bond motifs is 4. The van der Waals surface area contributed by atoms with E-state index in [1.54, 1.807) is 6.92 Å². The SMILES string of the molecule is C=C1C(=O)OC2C1C(OC(=O)C(C)=CCO)CC1(CO1)C1CC=C(C)C21. The molecule has 1 N–H and O–H groups in total. The average molecular weight is 360 g/mol. The van der Waals surface area contributed by atoms with Gasteiger partial charge in [-0.15, -0.1) is 0 Å². The standard InChI is InChI=1S/C20H24O6/c1-10-4-5-13-15(10)17-16(12(3)19(23)26-17)14(8-20(13)9-24-20)25-18(22)11(2)6-7-21/h4,6,13-17,21H,3,5,7-9H2,1-2H3. The molecule has 6 unspecified atom stereocenters. The van der Waals surface area contributed by atoms with Crippen LogP contribution in [0.4, 0.5) is 0 Å². The summed E-state index contributed by atoms with van der Waals surface area (Å²) in [5, 5.41) is 9.01. The van der Waals surface area contributed by atoms with Gasteiger partial charge in [-0.25, -0.2) is 9.59 Å². The van der Waals surface area contributed by atoms with Crippen molar-refractivity contribution in [1.82, 2.24) is 0 Å². The molecule has 26 heavy (non-hydrogen) atoms. The second kappa shape index (κ2) is 6.06. The highest BCUT2D eigenvalue weighted by Gasteiger charge is 2.65. The van der Waals surface area contributed by atoms with Gasteiger partial charge < -0.3 is 19.3 Å². The number of allylic oxidation sites excluding steroid dienone is 1. The number of hydrogen-bond acceptors (Lipinski definition) is 6. The van der Waals surface area contributed by atoms with Crippen molar-refractivity contribution >= 4 is 11.9 Å². The van der Waals surface area contributed by atoms with Crippen molar-refractivity contribution in [3.63, 3.8) is 0 Å². The highest BCUT2D eigenvalue weighted by molar-refractivity contribution is 5.91. The molecule has 3 fully saturated rings. The number of carbonyl (C=O) groups excluding carboxylic acids is 2. The van der Waals surface area contributed by atoms with Gasteiger partial charge in [0.2, 0.25) is 0 Å². The summed E-state index contributed by atoms with van der Waals surface area (Å²) in [7, 11) is 0. The van der Waals surface area contributed by atoms with Crippen LogP contribution in [-0.2, 0) is 23.8 Å². The third-order valence-corrected chi connectivity index (χ3v) is 6.38. The number of hydrogen-bond donors (Lipinski definition) is 1. The highest BCUT2D eigenvalue weighted by atomic mass is 16.6. The molecule has 1 spiro atoms. The molecule has 2 aliphatic heterocycles. The normalized spacial score (nSPS) is 41.3. The van der Waals surface area contributed by atoms with Gasteiger partial charge in [0.1, 0.15) is 12.2 Å². The van der Waals surface area contributed by atoms with Crippen molar-refractivity contribution in [1.29, 1.82) is 0 Å². The van der Waals surface area contributed by atoms with E-state index < -0.39 is 18.0 Å². The molecule has 0 aromatic heterocycles. The van der Waals surface area contributed by atoms with Crippen LogP contribution in [0.3, 0.4) is 0 Å². The number of ether oxygens (including phenoxy) is 3. The van der Waals surface area contributed by atoms with E-state index in [2.05, 4.69) is 19.6 Å². The second-order valence-corrected chi connectivity index (χ2v) is 7.81. The number of aliphatic hydroxyl groups is 1. The van der Waals surface area contributed by atoms with Gasteiger partial charge in [0.05, 0.1) is 24.7 Å². The van der Waals surface area contributed by atoms with E-state index in [-0.39, 0.29) is 36.1 Å². The Morgan fingerprint density at radius 3 is 2.88 bits per heavy atom. The van der Waals surface area contributed by atoms with Gasteiger partial charge in [0.25, 0.3) is 0 Å². The van der Waals surface area contributed by atoms with Crippen LogP contribution in [0, 0.1) is 17.8 Å². The zero-order valence-corrected chi connectivity index (χ0v) is 15.1. The van der Waals surface area contributed by atoms with E-state index in [1.807, 2.05) is 0 Å². The maximum atomic E-state index is 12.4. The van der Waals surface area contributed by atoms with Gasteiger partial charge >= 0.3 is 11.9 Å². The Morgan fingerprint density at radius 1 is 1.50 bits per heavy atom. The zero-order valence-electron chi connectivity index (χ0n) is 15.1. The Balaban J connectivity index is 1.69. The van der Waals surface area contributed by atoms with Crippen molar-refractivity contribution in [3.8, 4) is 0 Å². The zero-order chi connectivity index (χ0) is 18.6. The van der Waals surface area contributed by atoms with Gasteiger partial charge in [-0.05, 0) is 26.3 Å². The van der Waals surface area contributed by atoms with Gasteiger partial charge in [0, 0.05) is 29.4 Å². The summed E-state index contributed by atoms with van der Waals surface area (Å²) in [6, 6.07) is 0. The molecule has 0 radical (unpaired) electrons. The van der Waals surface area contributed by atoms with Crippen LogP contribution in [0.25, 0.3) is 0 Å². The molecule has 0 aromatic rings. The molecule has 6 nitrogen and oxygen atoms in total. The maximum absolute atomic E-state index is 12.4. The Labute approximate surface area is 152 Å².